The third kappa shape index (κ3) is 3.78. The summed E-state index contributed by atoms with van der Waals surface area (Å²) in [7, 11) is 0. The topological polar surface area (TPSA) is 52.6 Å². The van der Waals surface area contributed by atoms with E-state index in [0.717, 1.165) is 37.3 Å². The number of aliphatic carboxylic acids is 1. The first-order valence-corrected chi connectivity index (χ1v) is 8.89. The Balaban J connectivity index is 1.44. The fourth-order valence-corrected chi connectivity index (χ4v) is 4.45. The van der Waals surface area contributed by atoms with Gasteiger partial charge in [0.05, 0.1) is 6.54 Å². The molecule has 21 heavy (non-hydrogen) atoms. The number of nitrogens with one attached hydrogen (secondary N) is 1. The van der Waals surface area contributed by atoms with Crippen LogP contribution in [0.25, 0.3) is 0 Å². The fourth-order valence-electron chi connectivity index (χ4n) is 4.45. The van der Waals surface area contributed by atoms with Crippen molar-refractivity contribution in [1.29, 1.82) is 0 Å². The van der Waals surface area contributed by atoms with Crippen LogP contribution in [0.3, 0.4) is 0 Å². The van der Waals surface area contributed by atoms with Crippen molar-refractivity contribution in [2.45, 2.75) is 76.4 Å². The summed E-state index contributed by atoms with van der Waals surface area (Å²) in [5.41, 5.74) is 0. The van der Waals surface area contributed by atoms with Gasteiger partial charge in [0.15, 0.2) is 0 Å². The summed E-state index contributed by atoms with van der Waals surface area (Å²) in [5, 5.41) is 12.9. The van der Waals surface area contributed by atoms with E-state index in [2.05, 4.69) is 17.1 Å². The highest BCUT2D eigenvalue weighted by Crippen LogP contribution is 2.44. The van der Waals surface area contributed by atoms with Crippen LogP contribution in [0, 0.1) is 11.8 Å². The van der Waals surface area contributed by atoms with E-state index in [4.69, 9.17) is 5.11 Å². The van der Waals surface area contributed by atoms with E-state index in [9.17, 15) is 4.79 Å². The molecule has 3 fully saturated rings. The lowest BCUT2D eigenvalue weighted by Crippen LogP contribution is -2.57. The van der Waals surface area contributed by atoms with Crippen molar-refractivity contribution in [3.05, 3.63) is 0 Å². The van der Waals surface area contributed by atoms with E-state index in [-0.39, 0.29) is 6.54 Å². The Kier molecular flexibility index (Phi) is 4.85. The number of carboxylic acid groups (broad SMARTS) is 1. The molecule has 0 radical (unpaired) electrons. The van der Waals surface area contributed by atoms with Gasteiger partial charge in [0.1, 0.15) is 0 Å². The average Bonchev–Trinajstić information content (AvgIpc) is 3.25. The monoisotopic (exact) mass is 294 g/mol. The summed E-state index contributed by atoms with van der Waals surface area (Å²) < 4.78 is 0. The van der Waals surface area contributed by atoms with Crippen molar-refractivity contribution in [3.8, 4) is 0 Å². The van der Waals surface area contributed by atoms with Crippen molar-refractivity contribution in [3.63, 3.8) is 0 Å². The molecule has 0 amide bonds. The first kappa shape index (κ1) is 15.3. The van der Waals surface area contributed by atoms with E-state index in [0.29, 0.717) is 12.1 Å². The zero-order valence-electron chi connectivity index (χ0n) is 13.3. The fraction of sp³-hybridized carbons (Fsp3) is 0.941. The minimum absolute atomic E-state index is 0.196. The molecule has 2 N–H and O–H groups in total. The van der Waals surface area contributed by atoms with Crippen LogP contribution in [0.15, 0.2) is 0 Å². The van der Waals surface area contributed by atoms with Crippen LogP contribution in [-0.4, -0.2) is 47.2 Å². The van der Waals surface area contributed by atoms with Crippen LogP contribution in [0.2, 0.25) is 0 Å². The molecule has 120 valence electrons. The lowest BCUT2D eigenvalue weighted by molar-refractivity contribution is -0.139. The second-order valence-electron chi connectivity index (χ2n) is 7.34. The molecule has 0 spiro atoms. The summed E-state index contributed by atoms with van der Waals surface area (Å²) in [5.74, 6) is 1.24. The molecule has 4 nitrogen and oxygen atoms in total. The molecule has 0 aliphatic heterocycles. The minimum atomic E-state index is -0.700. The van der Waals surface area contributed by atoms with E-state index in [1.54, 1.807) is 0 Å². The molecular formula is C17H30N2O2. The molecule has 4 heteroatoms. The quantitative estimate of drug-likeness (QED) is 0.757. The van der Waals surface area contributed by atoms with E-state index in [1.165, 1.54) is 38.5 Å². The number of carbonyl (C=O) groups is 1. The summed E-state index contributed by atoms with van der Waals surface area (Å²) >= 11 is 0. The number of hydrogen-bond acceptors (Lipinski definition) is 3. The van der Waals surface area contributed by atoms with Crippen LogP contribution < -0.4 is 5.32 Å². The van der Waals surface area contributed by atoms with E-state index >= 15 is 0 Å². The van der Waals surface area contributed by atoms with Crippen LogP contribution in [0.4, 0.5) is 0 Å². The molecule has 2 unspecified atom stereocenters. The second kappa shape index (κ2) is 6.66. The first-order valence-electron chi connectivity index (χ1n) is 8.89. The van der Waals surface area contributed by atoms with Crippen molar-refractivity contribution in [2.24, 2.45) is 11.8 Å². The maximum Gasteiger partial charge on any atom is 0.317 e. The summed E-state index contributed by atoms with van der Waals surface area (Å²) in [4.78, 5) is 13.0. The highest BCUT2D eigenvalue weighted by Gasteiger charge is 2.41. The predicted molar refractivity (Wildman–Crippen MR) is 83.3 cm³/mol. The van der Waals surface area contributed by atoms with Crippen molar-refractivity contribution >= 4 is 5.97 Å². The summed E-state index contributed by atoms with van der Waals surface area (Å²) in [6.45, 7) is 3.10. The molecule has 0 saturated heterocycles. The molecule has 0 aromatic carbocycles. The first-order chi connectivity index (χ1) is 10.2. The molecule has 0 bridgehead atoms. The normalized spacial score (nSPS) is 36.5. The molecule has 0 aromatic rings. The van der Waals surface area contributed by atoms with Crippen LogP contribution in [0.5, 0.6) is 0 Å². The molecule has 3 aliphatic carbocycles. The molecule has 3 saturated carbocycles. The maximum atomic E-state index is 10.9. The van der Waals surface area contributed by atoms with Crippen LogP contribution >= 0.6 is 0 Å². The molecule has 3 rings (SSSR count). The largest absolute Gasteiger partial charge is 0.480 e. The Labute approximate surface area is 128 Å². The summed E-state index contributed by atoms with van der Waals surface area (Å²) in [6, 6.07) is 1.85. The Hall–Kier alpha value is -0.610. The van der Waals surface area contributed by atoms with Crippen LogP contribution in [-0.2, 0) is 4.79 Å². The van der Waals surface area contributed by atoms with Gasteiger partial charge >= 0.3 is 5.97 Å². The zero-order valence-corrected chi connectivity index (χ0v) is 13.3. The van der Waals surface area contributed by atoms with Gasteiger partial charge in [0.25, 0.3) is 0 Å². The Morgan fingerprint density at radius 1 is 1.19 bits per heavy atom. The van der Waals surface area contributed by atoms with Crippen LogP contribution in [0.1, 0.15) is 58.3 Å². The lowest BCUT2D eigenvalue weighted by Gasteiger charge is -2.45. The van der Waals surface area contributed by atoms with E-state index in [1.807, 2.05) is 0 Å². The van der Waals surface area contributed by atoms with Gasteiger partial charge in [-0.2, -0.15) is 0 Å². The van der Waals surface area contributed by atoms with Gasteiger partial charge in [-0.15, -0.1) is 0 Å². The highest BCUT2D eigenvalue weighted by atomic mass is 16.4. The Morgan fingerprint density at radius 3 is 2.52 bits per heavy atom. The van der Waals surface area contributed by atoms with Gasteiger partial charge in [0.2, 0.25) is 0 Å². The predicted octanol–water partition coefficient (Wildman–Crippen LogP) is 2.48. The number of nitrogens with zero attached hydrogens (tertiary/aromatic N) is 1. The molecular weight excluding hydrogens is 264 g/mol. The third-order valence-corrected chi connectivity index (χ3v) is 5.87. The number of carboxylic acids is 1. The van der Waals surface area contributed by atoms with Crippen molar-refractivity contribution in [2.75, 3.05) is 13.1 Å². The lowest BCUT2D eigenvalue weighted by atomic mass is 9.78. The smallest absolute Gasteiger partial charge is 0.317 e. The van der Waals surface area contributed by atoms with Gasteiger partial charge in [0, 0.05) is 18.1 Å². The molecule has 3 aliphatic rings. The van der Waals surface area contributed by atoms with Gasteiger partial charge in [-0.3, -0.25) is 9.69 Å². The number of likely N-dealkylation sites (N-methyl/N-ethyl adjacent to an activating group) is 1. The molecule has 0 heterocycles. The minimum Gasteiger partial charge on any atom is -0.480 e. The van der Waals surface area contributed by atoms with Crippen molar-refractivity contribution < 1.29 is 9.90 Å². The number of rotatable bonds is 7. The number of hydrogen-bond donors (Lipinski definition) is 2. The summed E-state index contributed by atoms with van der Waals surface area (Å²) in [6.07, 6.45) is 10.8. The Morgan fingerprint density at radius 2 is 1.90 bits per heavy atom. The third-order valence-electron chi connectivity index (χ3n) is 5.87. The van der Waals surface area contributed by atoms with Gasteiger partial charge in [-0.05, 0) is 56.9 Å². The van der Waals surface area contributed by atoms with Gasteiger partial charge in [-0.25, -0.2) is 0 Å². The standard InChI is InChI=1S/C17H30N2O2/c1-2-19(11-17(20)21)14-9-13(10-14)18-16-6-4-3-5-15(16)12-7-8-12/h12-16,18H,2-11H2,1H3,(H,20,21). The zero-order chi connectivity index (χ0) is 14.8. The molecule has 0 aromatic heterocycles. The Bertz CT molecular complexity index is 364. The molecule has 2 atom stereocenters. The maximum absolute atomic E-state index is 10.9. The van der Waals surface area contributed by atoms with Gasteiger partial charge < -0.3 is 10.4 Å². The highest BCUT2D eigenvalue weighted by molar-refractivity contribution is 5.69. The second-order valence-corrected chi connectivity index (χ2v) is 7.34. The van der Waals surface area contributed by atoms with Crippen molar-refractivity contribution in [1.82, 2.24) is 10.2 Å². The van der Waals surface area contributed by atoms with Gasteiger partial charge in [-0.1, -0.05) is 19.8 Å². The van der Waals surface area contributed by atoms with E-state index < -0.39 is 5.97 Å². The average molecular weight is 294 g/mol. The SMILES string of the molecule is CCN(CC(=O)O)C1CC(NC2CCCCC2C2CC2)C1.